The molecule has 1 aromatic heterocycles. The summed E-state index contributed by atoms with van der Waals surface area (Å²) in [7, 11) is 0. The summed E-state index contributed by atoms with van der Waals surface area (Å²) in [4.78, 5) is 5.12. The Kier molecular flexibility index (Phi) is 3.81. The molecule has 0 amide bonds. The molecule has 0 saturated carbocycles. The van der Waals surface area contributed by atoms with Crippen molar-refractivity contribution in [3.05, 3.63) is 125 Å². The van der Waals surface area contributed by atoms with Crippen molar-refractivity contribution in [2.75, 3.05) is 6.54 Å². The maximum atomic E-state index is 5.12. The summed E-state index contributed by atoms with van der Waals surface area (Å²) in [5.41, 5.74) is 11.6. The topological polar surface area (TPSA) is 17.3 Å². The number of fused-ring (bicyclic) bond motifs is 6. The Labute approximate surface area is 203 Å². The molecule has 2 aliphatic rings. The second kappa shape index (κ2) is 7.04. The van der Waals surface area contributed by atoms with Crippen molar-refractivity contribution in [2.45, 2.75) is 6.42 Å². The molecule has 1 aliphatic carbocycles. The highest BCUT2D eigenvalue weighted by molar-refractivity contribution is 6.10. The first-order valence-corrected chi connectivity index (χ1v) is 12.3. The van der Waals surface area contributed by atoms with Crippen LogP contribution in [0.4, 0.5) is 0 Å². The van der Waals surface area contributed by atoms with E-state index in [0.29, 0.717) is 0 Å². The maximum absolute atomic E-state index is 5.12. The van der Waals surface area contributed by atoms with Crippen LogP contribution in [0, 0.1) is 0 Å². The van der Waals surface area contributed by atoms with Crippen molar-refractivity contribution in [1.29, 1.82) is 0 Å². The molecule has 35 heavy (non-hydrogen) atoms. The Bertz CT molecular complexity index is 1940. The van der Waals surface area contributed by atoms with Gasteiger partial charge in [0.2, 0.25) is 0 Å². The number of nitrogens with zero attached hydrogens (tertiary/aromatic N) is 2. The largest absolute Gasteiger partial charge is 0.307 e. The summed E-state index contributed by atoms with van der Waals surface area (Å²) >= 11 is 0. The van der Waals surface area contributed by atoms with E-state index in [-0.39, 0.29) is 0 Å². The van der Waals surface area contributed by atoms with Crippen LogP contribution in [0.5, 0.6) is 0 Å². The van der Waals surface area contributed by atoms with Gasteiger partial charge in [0.15, 0.2) is 0 Å². The molecule has 2 heteroatoms. The van der Waals surface area contributed by atoms with Gasteiger partial charge in [0.05, 0.1) is 22.1 Å². The van der Waals surface area contributed by atoms with Crippen molar-refractivity contribution < 1.29 is 0 Å². The van der Waals surface area contributed by atoms with Gasteiger partial charge in [-0.25, -0.2) is 0 Å². The van der Waals surface area contributed by atoms with Crippen molar-refractivity contribution in [3.63, 3.8) is 0 Å². The first kappa shape index (κ1) is 18.9. The number of hydrogen-bond donors (Lipinski definition) is 0. The van der Waals surface area contributed by atoms with Crippen LogP contribution in [0.15, 0.2) is 114 Å². The first-order valence-electron chi connectivity index (χ1n) is 12.3. The maximum Gasteiger partial charge on any atom is 0.0896 e. The van der Waals surface area contributed by atoms with Gasteiger partial charge in [-0.2, -0.15) is 0 Å². The zero-order chi connectivity index (χ0) is 22.9. The third-order valence-corrected chi connectivity index (χ3v) is 7.65. The lowest BCUT2D eigenvalue weighted by Gasteiger charge is -2.13. The molecule has 0 radical (unpaired) electrons. The predicted molar refractivity (Wildman–Crippen MR) is 144 cm³/mol. The van der Waals surface area contributed by atoms with E-state index in [1.54, 1.807) is 0 Å². The third-order valence-electron chi connectivity index (χ3n) is 7.65. The molecule has 2 heterocycles. The number of para-hydroxylation sites is 1. The monoisotopic (exact) mass is 446 g/mol. The molecule has 1 aliphatic heterocycles. The van der Waals surface area contributed by atoms with Crippen LogP contribution in [0.25, 0.3) is 55.3 Å². The number of hydrogen-bond acceptors (Lipinski definition) is 1. The highest BCUT2D eigenvalue weighted by Crippen LogP contribution is 2.36. The van der Waals surface area contributed by atoms with Gasteiger partial charge in [-0.1, -0.05) is 84.9 Å². The quantitative estimate of drug-likeness (QED) is 0.283. The molecule has 0 fully saturated rings. The summed E-state index contributed by atoms with van der Waals surface area (Å²) in [5, 5.41) is 5.02. The number of rotatable bonds is 2. The minimum absolute atomic E-state index is 0.836. The zero-order valence-electron chi connectivity index (χ0n) is 19.2. The minimum atomic E-state index is 0.836. The van der Waals surface area contributed by atoms with E-state index in [2.05, 4.69) is 114 Å². The standard InChI is InChI=1S/C33H22N2/c1-2-8-21(9-3-1)22-14-16-30-28(20-22)25-12-6-7-13-29(25)35(30)31-17-15-26-23-10-4-5-11-24(23)27-18-19-34-33(31)32(26)27/h1-17,20H,18-19H2. The van der Waals surface area contributed by atoms with Crippen LogP contribution in [-0.2, 0) is 0 Å². The van der Waals surface area contributed by atoms with E-state index in [0.717, 1.165) is 18.3 Å². The van der Waals surface area contributed by atoms with Gasteiger partial charge in [-0.3, -0.25) is 4.99 Å². The van der Waals surface area contributed by atoms with Crippen LogP contribution in [0.2, 0.25) is 0 Å². The Balaban J connectivity index is 1.47. The predicted octanol–water partition coefficient (Wildman–Crippen LogP) is 6.65. The van der Waals surface area contributed by atoms with Gasteiger partial charge in [0.1, 0.15) is 0 Å². The van der Waals surface area contributed by atoms with Crippen LogP contribution in [-0.4, -0.2) is 11.1 Å². The molecule has 2 nitrogen and oxygen atoms in total. The Morgan fingerprint density at radius 3 is 2.26 bits per heavy atom. The van der Waals surface area contributed by atoms with Gasteiger partial charge >= 0.3 is 0 Å². The summed E-state index contributed by atoms with van der Waals surface area (Å²) in [5.74, 6) is 0. The van der Waals surface area contributed by atoms with E-state index in [1.165, 1.54) is 66.1 Å². The average Bonchev–Trinajstić information content (AvgIpc) is 3.44. The van der Waals surface area contributed by atoms with E-state index < -0.39 is 0 Å². The number of benzene rings is 5. The highest BCUT2D eigenvalue weighted by Gasteiger charge is 2.24. The SMILES string of the molecule is c1ccc(-c2ccc3c(c2)c2ccccc2n3-c2ccc3c4c2=NCCC=4c2ccccc2-3)cc1. The van der Waals surface area contributed by atoms with Crippen molar-refractivity contribution in [2.24, 2.45) is 4.99 Å². The lowest BCUT2D eigenvalue weighted by molar-refractivity contribution is 0.932. The molecule has 0 spiro atoms. The fourth-order valence-corrected chi connectivity index (χ4v) is 6.15. The van der Waals surface area contributed by atoms with Crippen LogP contribution in [0.1, 0.15) is 12.0 Å². The van der Waals surface area contributed by atoms with Crippen LogP contribution >= 0.6 is 0 Å². The van der Waals surface area contributed by atoms with Gasteiger partial charge in [-0.15, -0.1) is 0 Å². The molecule has 0 bridgehead atoms. The van der Waals surface area contributed by atoms with Gasteiger partial charge in [0, 0.05) is 22.5 Å². The van der Waals surface area contributed by atoms with E-state index in [9.17, 15) is 0 Å². The third kappa shape index (κ3) is 2.57. The fourth-order valence-electron chi connectivity index (χ4n) is 6.15. The minimum Gasteiger partial charge on any atom is -0.307 e. The molecular weight excluding hydrogens is 424 g/mol. The van der Waals surface area contributed by atoms with Crippen molar-refractivity contribution in [3.8, 4) is 27.9 Å². The van der Waals surface area contributed by atoms with Crippen LogP contribution in [0.3, 0.4) is 0 Å². The lowest BCUT2D eigenvalue weighted by atomic mass is 10.0. The lowest BCUT2D eigenvalue weighted by Crippen LogP contribution is -2.34. The molecular formula is C33H22N2. The molecule has 0 saturated heterocycles. The second-order valence-corrected chi connectivity index (χ2v) is 9.46. The van der Waals surface area contributed by atoms with E-state index in [4.69, 9.17) is 4.99 Å². The van der Waals surface area contributed by atoms with Crippen molar-refractivity contribution in [1.82, 2.24) is 4.57 Å². The molecule has 8 rings (SSSR count). The van der Waals surface area contributed by atoms with E-state index >= 15 is 0 Å². The zero-order valence-corrected chi connectivity index (χ0v) is 19.2. The summed E-state index contributed by atoms with van der Waals surface area (Å²) in [6, 6.07) is 39.7. The molecule has 0 unspecified atom stereocenters. The van der Waals surface area contributed by atoms with Gasteiger partial charge in [-0.05, 0) is 64.1 Å². The normalized spacial score (nSPS) is 13.7. The van der Waals surface area contributed by atoms with Crippen molar-refractivity contribution >= 4 is 27.4 Å². The Hall–Kier alpha value is -4.43. The highest BCUT2D eigenvalue weighted by atomic mass is 15.0. The Morgan fingerprint density at radius 2 is 1.34 bits per heavy atom. The molecule has 6 aromatic rings. The molecule has 0 N–H and O–H groups in total. The summed E-state index contributed by atoms with van der Waals surface area (Å²) in [6.07, 6.45) is 1.01. The van der Waals surface area contributed by atoms with Crippen LogP contribution < -0.4 is 10.6 Å². The smallest absolute Gasteiger partial charge is 0.0896 e. The first-order chi connectivity index (χ1) is 17.4. The van der Waals surface area contributed by atoms with E-state index in [1.807, 2.05) is 0 Å². The second-order valence-electron chi connectivity index (χ2n) is 9.46. The number of aromatic nitrogens is 1. The molecule has 0 atom stereocenters. The van der Waals surface area contributed by atoms with Gasteiger partial charge < -0.3 is 4.57 Å². The Morgan fingerprint density at radius 1 is 0.571 bits per heavy atom. The molecule has 5 aromatic carbocycles. The van der Waals surface area contributed by atoms with Gasteiger partial charge in [0.25, 0.3) is 0 Å². The average molecular weight is 447 g/mol. The fraction of sp³-hybridized carbons (Fsp3) is 0.0606. The summed E-state index contributed by atoms with van der Waals surface area (Å²) in [6.45, 7) is 0.836. The summed E-state index contributed by atoms with van der Waals surface area (Å²) < 4.78 is 2.42. The molecule has 164 valence electrons.